The SMILES string of the molecule is CCc1cn(C)nc1CF. The minimum absolute atomic E-state index is 0.454. The summed E-state index contributed by atoms with van der Waals surface area (Å²) in [6, 6.07) is 0. The average Bonchev–Trinajstić information content (AvgIpc) is 2.30. The number of halogens is 1. The highest BCUT2D eigenvalue weighted by Gasteiger charge is 2.03. The first-order valence-electron chi connectivity index (χ1n) is 3.35. The third kappa shape index (κ3) is 1.17. The van der Waals surface area contributed by atoms with Crippen LogP contribution in [0.4, 0.5) is 4.39 Å². The van der Waals surface area contributed by atoms with Gasteiger partial charge in [-0.2, -0.15) is 5.10 Å². The summed E-state index contributed by atoms with van der Waals surface area (Å²) in [6.45, 7) is 1.54. The van der Waals surface area contributed by atoms with Gasteiger partial charge in [-0.15, -0.1) is 0 Å². The first-order valence-corrected chi connectivity index (χ1v) is 3.35. The summed E-state index contributed by atoms with van der Waals surface area (Å²) >= 11 is 0. The molecule has 0 aliphatic heterocycles. The van der Waals surface area contributed by atoms with Crippen molar-refractivity contribution in [2.45, 2.75) is 20.0 Å². The standard InChI is InChI=1S/C7H11FN2/c1-3-6-5-10(2)9-7(6)4-8/h5H,3-4H2,1-2H3. The van der Waals surface area contributed by atoms with E-state index in [0.717, 1.165) is 12.0 Å². The maximum Gasteiger partial charge on any atom is 0.134 e. The van der Waals surface area contributed by atoms with Gasteiger partial charge in [-0.05, 0) is 12.0 Å². The van der Waals surface area contributed by atoms with Crippen molar-refractivity contribution >= 4 is 0 Å². The number of aromatic nitrogens is 2. The summed E-state index contributed by atoms with van der Waals surface area (Å²) in [5.41, 5.74) is 1.58. The van der Waals surface area contributed by atoms with Crippen LogP contribution in [0, 0.1) is 0 Å². The van der Waals surface area contributed by atoms with Crippen LogP contribution in [0.3, 0.4) is 0 Å². The zero-order valence-corrected chi connectivity index (χ0v) is 6.26. The molecule has 3 heteroatoms. The van der Waals surface area contributed by atoms with Crippen LogP contribution in [0.5, 0.6) is 0 Å². The van der Waals surface area contributed by atoms with Gasteiger partial charge in [0.05, 0.1) is 5.69 Å². The molecule has 0 saturated heterocycles. The van der Waals surface area contributed by atoms with Crippen molar-refractivity contribution in [2.24, 2.45) is 7.05 Å². The topological polar surface area (TPSA) is 17.8 Å². The predicted molar refractivity (Wildman–Crippen MR) is 37.4 cm³/mol. The van der Waals surface area contributed by atoms with Gasteiger partial charge in [-0.1, -0.05) is 6.92 Å². The van der Waals surface area contributed by atoms with Gasteiger partial charge in [0.2, 0.25) is 0 Å². The second-order valence-corrected chi connectivity index (χ2v) is 2.26. The molecular weight excluding hydrogens is 131 g/mol. The third-order valence-corrected chi connectivity index (χ3v) is 1.50. The van der Waals surface area contributed by atoms with E-state index in [1.807, 2.05) is 13.1 Å². The molecule has 0 amide bonds. The Balaban J connectivity index is 2.96. The van der Waals surface area contributed by atoms with Crippen LogP contribution in [0.1, 0.15) is 18.2 Å². The van der Waals surface area contributed by atoms with Crippen molar-refractivity contribution in [1.82, 2.24) is 9.78 Å². The summed E-state index contributed by atoms with van der Waals surface area (Å²) in [4.78, 5) is 0. The van der Waals surface area contributed by atoms with Gasteiger partial charge in [0.1, 0.15) is 6.67 Å². The number of hydrogen-bond acceptors (Lipinski definition) is 1. The fourth-order valence-corrected chi connectivity index (χ4v) is 0.991. The molecule has 1 heterocycles. The monoisotopic (exact) mass is 142 g/mol. The van der Waals surface area contributed by atoms with E-state index in [1.165, 1.54) is 0 Å². The van der Waals surface area contributed by atoms with Crippen LogP contribution in [0.25, 0.3) is 0 Å². The van der Waals surface area contributed by atoms with Crippen molar-refractivity contribution in [3.05, 3.63) is 17.5 Å². The summed E-state index contributed by atoms with van der Waals surface area (Å²) in [7, 11) is 1.80. The van der Waals surface area contributed by atoms with Gasteiger partial charge in [0.25, 0.3) is 0 Å². The summed E-state index contributed by atoms with van der Waals surface area (Å²) in [6.07, 6.45) is 2.71. The molecule has 1 rings (SSSR count). The number of aryl methyl sites for hydroxylation is 2. The number of alkyl halides is 1. The fraction of sp³-hybridized carbons (Fsp3) is 0.571. The van der Waals surface area contributed by atoms with E-state index >= 15 is 0 Å². The first kappa shape index (κ1) is 7.25. The zero-order valence-electron chi connectivity index (χ0n) is 6.26. The van der Waals surface area contributed by atoms with Gasteiger partial charge in [-0.3, -0.25) is 4.68 Å². The smallest absolute Gasteiger partial charge is 0.134 e. The number of rotatable bonds is 2. The van der Waals surface area contributed by atoms with Crippen molar-refractivity contribution < 1.29 is 4.39 Å². The highest BCUT2D eigenvalue weighted by Crippen LogP contribution is 2.07. The average molecular weight is 142 g/mol. The van der Waals surface area contributed by atoms with Crippen LogP contribution in [0.15, 0.2) is 6.20 Å². The number of nitrogens with zero attached hydrogens (tertiary/aromatic N) is 2. The van der Waals surface area contributed by atoms with Gasteiger partial charge in [0.15, 0.2) is 0 Å². The van der Waals surface area contributed by atoms with Gasteiger partial charge in [0, 0.05) is 13.2 Å². The minimum Gasteiger partial charge on any atom is -0.275 e. The van der Waals surface area contributed by atoms with E-state index in [-0.39, 0.29) is 0 Å². The Morgan fingerprint density at radius 2 is 2.40 bits per heavy atom. The van der Waals surface area contributed by atoms with Crippen molar-refractivity contribution in [2.75, 3.05) is 0 Å². The van der Waals surface area contributed by atoms with E-state index in [0.29, 0.717) is 5.69 Å². The molecule has 0 fully saturated rings. The Morgan fingerprint density at radius 1 is 1.70 bits per heavy atom. The quantitative estimate of drug-likeness (QED) is 0.611. The molecule has 0 saturated carbocycles. The maximum absolute atomic E-state index is 12.1. The molecule has 0 unspecified atom stereocenters. The van der Waals surface area contributed by atoms with Crippen LogP contribution < -0.4 is 0 Å². The maximum atomic E-state index is 12.1. The van der Waals surface area contributed by atoms with Crippen LogP contribution in [-0.4, -0.2) is 9.78 Å². The van der Waals surface area contributed by atoms with Crippen LogP contribution in [0.2, 0.25) is 0 Å². The summed E-state index contributed by atoms with van der Waals surface area (Å²) in [5, 5.41) is 3.94. The molecule has 0 N–H and O–H groups in total. The molecule has 2 nitrogen and oxygen atoms in total. The normalized spacial score (nSPS) is 10.3. The van der Waals surface area contributed by atoms with E-state index in [9.17, 15) is 4.39 Å². The Labute approximate surface area is 59.7 Å². The van der Waals surface area contributed by atoms with Crippen molar-refractivity contribution in [1.29, 1.82) is 0 Å². The lowest BCUT2D eigenvalue weighted by Gasteiger charge is -1.88. The van der Waals surface area contributed by atoms with Crippen molar-refractivity contribution in [3.8, 4) is 0 Å². The molecule has 0 atom stereocenters. The van der Waals surface area contributed by atoms with E-state index in [4.69, 9.17) is 0 Å². The predicted octanol–water partition coefficient (Wildman–Crippen LogP) is 1.45. The number of hydrogen-bond donors (Lipinski definition) is 0. The third-order valence-electron chi connectivity index (χ3n) is 1.50. The lowest BCUT2D eigenvalue weighted by molar-refractivity contribution is 0.469. The Kier molecular flexibility index (Phi) is 2.04. The lowest BCUT2D eigenvalue weighted by atomic mass is 10.2. The second-order valence-electron chi connectivity index (χ2n) is 2.26. The largest absolute Gasteiger partial charge is 0.275 e. The molecule has 0 aliphatic carbocycles. The van der Waals surface area contributed by atoms with Crippen molar-refractivity contribution in [3.63, 3.8) is 0 Å². The van der Waals surface area contributed by atoms with Gasteiger partial charge >= 0.3 is 0 Å². The minimum atomic E-state index is -0.454. The van der Waals surface area contributed by atoms with Crippen LogP contribution >= 0.6 is 0 Å². The first-order chi connectivity index (χ1) is 4.77. The summed E-state index contributed by atoms with van der Waals surface area (Å²) in [5.74, 6) is 0. The fourth-order valence-electron chi connectivity index (χ4n) is 0.991. The Bertz CT molecular complexity index is 196. The molecular formula is C7H11FN2. The van der Waals surface area contributed by atoms with E-state index in [1.54, 1.807) is 11.7 Å². The van der Waals surface area contributed by atoms with E-state index in [2.05, 4.69) is 5.10 Å². The highest BCUT2D eigenvalue weighted by molar-refractivity contribution is 5.15. The molecule has 0 bridgehead atoms. The van der Waals surface area contributed by atoms with Gasteiger partial charge < -0.3 is 0 Å². The Hall–Kier alpha value is -0.860. The second kappa shape index (κ2) is 2.82. The molecule has 0 aromatic carbocycles. The molecule has 1 aromatic rings. The molecule has 0 radical (unpaired) electrons. The Morgan fingerprint density at radius 3 is 2.80 bits per heavy atom. The molecule has 0 aliphatic rings. The van der Waals surface area contributed by atoms with E-state index < -0.39 is 6.67 Å². The molecule has 56 valence electrons. The molecule has 1 aromatic heterocycles. The molecule has 0 spiro atoms. The van der Waals surface area contributed by atoms with Gasteiger partial charge in [-0.25, -0.2) is 4.39 Å². The van der Waals surface area contributed by atoms with Crippen LogP contribution in [-0.2, 0) is 20.1 Å². The summed E-state index contributed by atoms with van der Waals surface area (Å²) < 4.78 is 13.8. The lowest BCUT2D eigenvalue weighted by Crippen LogP contribution is -1.88. The zero-order chi connectivity index (χ0) is 7.56. The highest BCUT2D eigenvalue weighted by atomic mass is 19.1. The molecule has 10 heavy (non-hydrogen) atoms.